The van der Waals surface area contributed by atoms with Crippen molar-refractivity contribution in [2.24, 2.45) is 0 Å². The molecule has 1 amide bonds. The zero-order valence-corrected chi connectivity index (χ0v) is 15.9. The average Bonchev–Trinajstić information content (AvgIpc) is 3.09. The van der Waals surface area contributed by atoms with Crippen LogP contribution in [0.2, 0.25) is 0 Å². The maximum Gasteiger partial charge on any atom is 0.306 e. The molecule has 0 bridgehead atoms. The van der Waals surface area contributed by atoms with Gasteiger partial charge in [0.2, 0.25) is 16.9 Å². The monoisotopic (exact) mass is 411 g/mol. The fourth-order valence-corrected chi connectivity index (χ4v) is 4.43. The molecule has 0 radical (unpaired) electrons. The number of anilines is 2. The Balaban J connectivity index is 1.49. The van der Waals surface area contributed by atoms with Gasteiger partial charge in [0, 0.05) is 17.8 Å². The van der Waals surface area contributed by atoms with E-state index in [1.165, 1.54) is 48.4 Å². The third-order valence-corrected chi connectivity index (χ3v) is 6.08. The summed E-state index contributed by atoms with van der Waals surface area (Å²) in [4.78, 5) is 21.9. The third-order valence-electron chi connectivity index (χ3n) is 4.09. The summed E-state index contributed by atoms with van der Waals surface area (Å²) in [7, 11) is 0. The molecule has 8 nitrogen and oxygen atoms in total. The van der Waals surface area contributed by atoms with Gasteiger partial charge in [-0.1, -0.05) is 42.4 Å². The van der Waals surface area contributed by atoms with E-state index in [1.54, 1.807) is 0 Å². The van der Waals surface area contributed by atoms with Gasteiger partial charge in [0.05, 0.1) is 10.7 Å². The van der Waals surface area contributed by atoms with Crippen molar-refractivity contribution in [3.8, 4) is 0 Å². The van der Waals surface area contributed by atoms with E-state index in [1.807, 2.05) is 0 Å². The molecule has 27 heavy (non-hydrogen) atoms. The predicted octanol–water partition coefficient (Wildman–Crippen LogP) is 4.06. The topological polar surface area (TPSA) is 110 Å². The molecule has 0 aliphatic heterocycles. The van der Waals surface area contributed by atoms with Crippen LogP contribution in [0, 0.1) is 15.9 Å². The van der Waals surface area contributed by atoms with Gasteiger partial charge < -0.3 is 10.6 Å². The molecule has 2 N–H and O–H groups in total. The summed E-state index contributed by atoms with van der Waals surface area (Å²) >= 11 is 2.62. The van der Waals surface area contributed by atoms with E-state index in [2.05, 4.69) is 20.8 Å². The van der Waals surface area contributed by atoms with E-state index in [-0.39, 0.29) is 17.3 Å². The number of hydrogen-bond donors (Lipinski definition) is 2. The number of nitrogens with zero attached hydrogens (tertiary/aromatic N) is 3. The van der Waals surface area contributed by atoms with Gasteiger partial charge in [0.15, 0.2) is 4.34 Å². The fourth-order valence-electron chi connectivity index (χ4n) is 2.80. The van der Waals surface area contributed by atoms with Gasteiger partial charge in [0.25, 0.3) is 0 Å². The Morgan fingerprint density at radius 2 is 2.11 bits per heavy atom. The summed E-state index contributed by atoms with van der Waals surface area (Å²) < 4.78 is 14.0. The molecule has 1 fully saturated rings. The number of amides is 1. The van der Waals surface area contributed by atoms with Crippen molar-refractivity contribution in [2.45, 2.75) is 42.5 Å². The van der Waals surface area contributed by atoms with Crippen molar-refractivity contribution in [3.05, 3.63) is 34.1 Å². The second-order valence-corrected chi connectivity index (χ2v) is 8.31. The summed E-state index contributed by atoms with van der Waals surface area (Å²) in [5, 5.41) is 25.6. The molecule has 11 heteroatoms. The molecule has 3 rings (SSSR count). The molecule has 1 heterocycles. The highest BCUT2D eigenvalue weighted by molar-refractivity contribution is 8.01. The average molecular weight is 411 g/mol. The Kier molecular flexibility index (Phi) is 6.56. The van der Waals surface area contributed by atoms with Crippen molar-refractivity contribution >= 4 is 45.5 Å². The zero-order chi connectivity index (χ0) is 19.2. The van der Waals surface area contributed by atoms with E-state index < -0.39 is 16.4 Å². The zero-order valence-electron chi connectivity index (χ0n) is 14.3. The summed E-state index contributed by atoms with van der Waals surface area (Å²) in [5.41, 5.74) is -0.506. The molecule has 1 saturated carbocycles. The van der Waals surface area contributed by atoms with Crippen LogP contribution in [-0.4, -0.2) is 32.8 Å². The van der Waals surface area contributed by atoms with Gasteiger partial charge in [0.1, 0.15) is 0 Å². The van der Waals surface area contributed by atoms with Gasteiger partial charge in [-0.25, -0.2) is 0 Å². The van der Waals surface area contributed by atoms with Crippen LogP contribution in [0.3, 0.4) is 0 Å². The second kappa shape index (κ2) is 9.09. The molecular weight excluding hydrogens is 393 g/mol. The lowest BCUT2D eigenvalue weighted by Crippen LogP contribution is -2.21. The molecule has 144 valence electrons. The molecule has 1 aromatic heterocycles. The molecule has 1 aliphatic rings. The Bertz CT molecular complexity index is 826. The minimum Gasteiger partial charge on any atom is -0.357 e. The number of halogens is 1. The highest BCUT2D eigenvalue weighted by Gasteiger charge is 2.17. The standard InChI is InChI=1S/C16H18FN5O3S2/c17-12-7-6-11(8-13(12)22(24)25)18-14(23)9-26-16-21-20-15(27-16)19-10-4-2-1-3-5-10/h6-8,10H,1-5,9H2,(H,18,23)(H,19,20). The summed E-state index contributed by atoms with van der Waals surface area (Å²) in [6, 6.07) is 3.66. The fraction of sp³-hybridized carbons (Fsp3) is 0.438. The van der Waals surface area contributed by atoms with Gasteiger partial charge in [-0.2, -0.15) is 4.39 Å². The van der Waals surface area contributed by atoms with Crippen LogP contribution in [0.1, 0.15) is 32.1 Å². The first-order chi connectivity index (χ1) is 13.0. The van der Waals surface area contributed by atoms with Crippen LogP contribution < -0.4 is 10.6 Å². The van der Waals surface area contributed by atoms with E-state index in [4.69, 9.17) is 0 Å². The Morgan fingerprint density at radius 3 is 2.85 bits per heavy atom. The Hall–Kier alpha value is -2.27. The van der Waals surface area contributed by atoms with Crippen LogP contribution in [0.15, 0.2) is 22.5 Å². The van der Waals surface area contributed by atoms with E-state index in [0.29, 0.717) is 10.4 Å². The van der Waals surface area contributed by atoms with Crippen LogP contribution in [-0.2, 0) is 4.79 Å². The van der Waals surface area contributed by atoms with Gasteiger partial charge in [-0.05, 0) is 25.0 Å². The lowest BCUT2D eigenvalue weighted by atomic mass is 9.96. The molecule has 0 unspecified atom stereocenters. The number of nitro benzene ring substituents is 1. The minimum absolute atomic E-state index is 0.0727. The molecule has 2 aromatic rings. The van der Waals surface area contributed by atoms with Crippen molar-refractivity contribution in [2.75, 3.05) is 16.4 Å². The quantitative estimate of drug-likeness (QED) is 0.401. The van der Waals surface area contributed by atoms with Gasteiger partial charge in [-0.15, -0.1) is 10.2 Å². The number of rotatable bonds is 7. The van der Waals surface area contributed by atoms with Crippen molar-refractivity contribution in [1.82, 2.24) is 10.2 Å². The van der Waals surface area contributed by atoms with Crippen LogP contribution in [0.5, 0.6) is 0 Å². The highest BCUT2D eigenvalue weighted by atomic mass is 32.2. The lowest BCUT2D eigenvalue weighted by Gasteiger charge is -2.21. The normalized spacial score (nSPS) is 14.7. The van der Waals surface area contributed by atoms with Crippen LogP contribution in [0.25, 0.3) is 0 Å². The smallest absolute Gasteiger partial charge is 0.306 e. The number of benzene rings is 1. The number of thioether (sulfide) groups is 1. The maximum absolute atomic E-state index is 13.3. The van der Waals surface area contributed by atoms with Crippen LogP contribution in [0.4, 0.5) is 20.9 Å². The third kappa shape index (κ3) is 5.60. The summed E-state index contributed by atoms with van der Waals surface area (Å²) in [6.07, 6.45) is 5.99. The second-order valence-electron chi connectivity index (χ2n) is 6.11. The first-order valence-electron chi connectivity index (χ1n) is 8.48. The van der Waals surface area contributed by atoms with Crippen LogP contribution >= 0.6 is 23.1 Å². The molecule has 1 aliphatic carbocycles. The molecule has 1 aromatic carbocycles. The van der Waals surface area contributed by atoms with Crippen molar-refractivity contribution in [1.29, 1.82) is 0 Å². The maximum atomic E-state index is 13.3. The van der Waals surface area contributed by atoms with E-state index in [0.717, 1.165) is 30.1 Å². The van der Waals surface area contributed by atoms with Crippen molar-refractivity contribution < 1.29 is 14.1 Å². The highest BCUT2D eigenvalue weighted by Crippen LogP contribution is 2.28. The largest absolute Gasteiger partial charge is 0.357 e. The number of nitro groups is 1. The predicted molar refractivity (Wildman–Crippen MR) is 103 cm³/mol. The number of carbonyl (C=O) groups excluding carboxylic acids is 1. The number of nitrogens with one attached hydrogen (secondary N) is 2. The number of aromatic nitrogens is 2. The van der Waals surface area contributed by atoms with Crippen molar-refractivity contribution in [3.63, 3.8) is 0 Å². The van der Waals surface area contributed by atoms with E-state index in [9.17, 15) is 19.3 Å². The Labute approximate surface area is 163 Å². The number of carbonyl (C=O) groups is 1. The molecule has 0 saturated heterocycles. The van der Waals surface area contributed by atoms with Gasteiger partial charge in [-0.3, -0.25) is 14.9 Å². The number of hydrogen-bond acceptors (Lipinski definition) is 8. The Morgan fingerprint density at radius 1 is 1.33 bits per heavy atom. The first-order valence-corrected chi connectivity index (χ1v) is 10.3. The van der Waals surface area contributed by atoms with Gasteiger partial charge >= 0.3 is 5.69 Å². The van der Waals surface area contributed by atoms with E-state index >= 15 is 0 Å². The minimum atomic E-state index is -0.945. The summed E-state index contributed by atoms with van der Waals surface area (Å²) in [6.45, 7) is 0. The SMILES string of the molecule is O=C(CSc1nnc(NC2CCCCC2)s1)Nc1ccc(F)c([N+](=O)[O-])c1. The molecule has 0 spiro atoms. The first kappa shape index (κ1) is 19.5. The lowest BCUT2D eigenvalue weighted by molar-refractivity contribution is -0.387. The molecular formula is C16H18FN5O3S2. The summed E-state index contributed by atoms with van der Waals surface area (Å²) in [5.74, 6) is -1.24. The molecule has 0 atom stereocenters.